The van der Waals surface area contributed by atoms with Crippen molar-refractivity contribution in [2.45, 2.75) is 37.5 Å². The van der Waals surface area contributed by atoms with E-state index in [1.165, 1.54) is 15.9 Å². The minimum Gasteiger partial charge on any atom is -0.323 e. The van der Waals surface area contributed by atoms with Gasteiger partial charge in [0.05, 0.1) is 4.90 Å². The number of carbonyl (C=O) groups is 1. The van der Waals surface area contributed by atoms with Gasteiger partial charge in [-0.3, -0.25) is 4.79 Å². The molecule has 0 unspecified atom stereocenters. The molecule has 3 rings (SSSR count). The second kappa shape index (κ2) is 9.17. The topological polar surface area (TPSA) is 66.5 Å². The molecule has 1 saturated heterocycles. The first-order chi connectivity index (χ1) is 13.5. The molecule has 1 heterocycles. The molecule has 0 aliphatic carbocycles. The Morgan fingerprint density at radius 1 is 1.00 bits per heavy atom. The highest BCUT2D eigenvalue weighted by Crippen LogP contribution is 2.22. The van der Waals surface area contributed by atoms with E-state index in [9.17, 15) is 13.2 Å². The van der Waals surface area contributed by atoms with Crippen LogP contribution in [0.3, 0.4) is 0 Å². The zero-order valence-electron chi connectivity index (χ0n) is 16.1. The summed E-state index contributed by atoms with van der Waals surface area (Å²) in [6.07, 6.45) is 7.09. The Labute approximate surface area is 167 Å². The number of piperidine rings is 1. The Morgan fingerprint density at radius 2 is 1.64 bits per heavy atom. The van der Waals surface area contributed by atoms with Crippen LogP contribution in [-0.4, -0.2) is 31.7 Å². The molecule has 0 bridgehead atoms. The largest absolute Gasteiger partial charge is 0.323 e. The van der Waals surface area contributed by atoms with Crippen molar-refractivity contribution < 1.29 is 13.2 Å². The number of benzene rings is 2. The van der Waals surface area contributed by atoms with Crippen molar-refractivity contribution in [1.82, 2.24) is 4.31 Å². The van der Waals surface area contributed by atoms with E-state index in [-0.39, 0.29) is 10.8 Å². The summed E-state index contributed by atoms with van der Waals surface area (Å²) in [6, 6.07) is 14.4. The van der Waals surface area contributed by atoms with Gasteiger partial charge < -0.3 is 5.32 Å². The summed E-state index contributed by atoms with van der Waals surface area (Å²) in [5.41, 5.74) is 2.77. The van der Waals surface area contributed by atoms with Crippen molar-refractivity contribution in [2.24, 2.45) is 0 Å². The summed E-state index contributed by atoms with van der Waals surface area (Å²) in [5, 5.41) is 2.76. The molecule has 1 aliphatic heterocycles. The van der Waals surface area contributed by atoms with Gasteiger partial charge in [0.2, 0.25) is 15.9 Å². The molecule has 1 fully saturated rings. The molecular weight excluding hydrogens is 372 g/mol. The van der Waals surface area contributed by atoms with Gasteiger partial charge in [-0.15, -0.1) is 0 Å². The van der Waals surface area contributed by atoms with Crippen LogP contribution in [0.25, 0.3) is 6.08 Å². The lowest BCUT2D eigenvalue weighted by Gasteiger charge is -2.25. The lowest BCUT2D eigenvalue weighted by Crippen LogP contribution is -2.35. The van der Waals surface area contributed by atoms with Crippen molar-refractivity contribution in [2.75, 3.05) is 18.4 Å². The Balaban J connectivity index is 1.61. The maximum atomic E-state index is 12.7. The molecule has 5 nitrogen and oxygen atoms in total. The zero-order valence-corrected chi connectivity index (χ0v) is 16.9. The average molecular weight is 399 g/mol. The molecule has 28 heavy (non-hydrogen) atoms. The second-order valence-corrected chi connectivity index (χ2v) is 8.84. The molecule has 1 aliphatic rings. The van der Waals surface area contributed by atoms with Gasteiger partial charge >= 0.3 is 0 Å². The fourth-order valence-corrected chi connectivity index (χ4v) is 4.70. The third-order valence-corrected chi connectivity index (χ3v) is 6.80. The quantitative estimate of drug-likeness (QED) is 0.746. The van der Waals surface area contributed by atoms with Crippen LogP contribution in [0.2, 0.25) is 0 Å². The smallest absolute Gasteiger partial charge is 0.248 e. The first kappa shape index (κ1) is 20.3. The van der Waals surface area contributed by atoms with E-state index in [2.05, 4.69) is 12.2 Å². The Morgan fingerprint density at radius 3 is 2.25 bits per heavy atom. The predicted molar refractivity (Wildman–Crippen MR) is 113 cm³/mol. The lowest BCUT2D eigenvalue weighted by molar-refractivity contribution is -0.111. The van der Waals surface area contributed by atoms with Crippen LogP contribution in [0, 0.1) is 0 Å². The van der Waals surface area contributed by atoms with Gasteiger partial charge in [0.1, 0.15) is 0 Å². The first-order valence-electron chi connectivity index (χ1n) is 9.67. The summed E-state index contributed by atoms with van der Waals surface area (Å²) in [4.78, 5) is 12.4. The van der Waals surface area contributed by atoms with Crippen LogP contribution in [-0.2, 0) is 21.2 Å². The van der Waals surface area contributed by atoms with Crippen LogP contribution >= 0.6 is 0 Å². The van der Waals surface area contributed by atoms with E-state index in [0.29, 0.717) is 18.8 Å². The normalized spacial score (nSPS) is 15.6. The molecule has 1 N–H and O–H groups in total. The summed E-state index contributed by atoms with van der Waals surface area (Å²) in [5.74, 6) is -0.258. The molecule has 2 aromatic rings. The van der Waals surface area contributed by atoms with Gasteiger partial charge in [-0.25, -0.2) is 8.42 Å². The Hall–Kier alpha value is -2.44. The Kier molecular flexibility index (Phi) is 6.65. The van der Waals surface area contributed by atoms with E-state index in [1.807, 2.05) is 24.3 Å². The van der Waals surface area contributed by atoms with Gasteiger partial charge in [0.25, 0.3) is 0 Å². The van der Waals surface area contributed by atoms with Crippen LogP contribution in [0.4, 0.5) is 5.69 Å². The monoisotopic (exact) mass is 398 g/mol. The maximum Gasteiger partial charge on any atom is 0.248 e. The minimum absolute atomic E-state index is 0.258. The van der Waals surface area contributed by atoms with E-state index >= 15 is 0 Å². The van der Waals surface area contributed by atoms with Gasteiger partial charge in [-0.1, -0.05) is 37.6 Å². The molecule has 2 aromatic carbocycles. The van der Waals surface area contributed by atoms with Crippen molar-refractivity contribution >= 4 is 27.7 Å². The highest BCUT2D eigenvalue weighted by Gasteiger charge is 2.25. The average Bonchev–Trinajstić information content (AvgIpc) is 2.73. The highest BCUT2D eigenvalue weighted by molar-refractivity contribution is 7.89. The predicted octanol–water partition coefficient (Wildman–Crippen LogP) is 4.08. The molecule has 0 radical (unpaired) electrons. The van der Waals surface area contributed by atoms with E-state index in [1.54, 1.807) is 30.3 Å². The van der Waals surface area contributed by atoms with Crippen LogP contribution < -0.4 is 5.32 Å². The number of aryl methyl sites for hydroxylation is 1. The minimum atomic E-state index is -3.45. The van der Waals surface area contributed by atoms with Crippen molar-refractivity contribution in [3.05, 3.63) is 65.7 Å². The standard InChI is InChI=1S/C22H26N2O3S/c1-2-18-6-8-19(9-7-18)10-15-22(25)23-20-11-13-21(14-12-20)28(26,27)24-16-4-3-5-17-24/h6-15H,2-5,16-17H2,1H3,(H,23,25)/b15-10+. The number of anilines is 1. The maximum absolute atomic E-state index is 12.7. The van der Waals surface area contributed by atoms with Crippen molar-refractivity contribution in [3.63, 3.8) is 0 Å². The highest BCUT2D eigenvalue weighted by atomic mass is 32.2. The van der Waals surface area contributed by atoms with Gasteiger partial charge in [-0.2, -0.15) is 4.31 Å². The van der Waals surface area contributed by atoms with Gasteiger partial charge in [0, 0.05) is 24.9 Å². The molecule has 0 aromatic heterocycles. The number of hydrogen-bond donors (Lipinski definition) is 1. The number of amides is 1. The fourth-order valence-electron chi connectivity index (χ4n) is 3.18. The van der Waals surface area contributed by atoms with Gasteiger partial charge in [-0.05, 0) is 60.7 Å². The summed E-state index contributed by atoms with van der Waals surface area (Å²) < 4.78 is 26.8. The van der Waals surface area contributed by atoms with Crippen LogP contribution in [0.1, 0.15) is 37.3 Å². The molecule has 148 valence electrons. The molecule has 0 spiro atoms. The summed E-state index contributed by atoms with van der Waals surface area (Å²) >= 11 is 0. The van der Waals surface area contributed by atoms with Gasteiger partial charge in [0.15, 0.2) is 0 Å². The summed E-state index contributed by atoms with van der Waals surface area (Å²) in [6.45, 7) is 3.25. The fraction of sp³-hybridized carbons (Fsp3) is 0.318. The van der Waals surface area contributed by atoms with Crippen LogP contribution in [0.15, 0.2) is 59.5 Å². The summed E-state index contributed by atoms with van der Waals surface area (Å²) in [7, 11) is -3.45. The SMILES string of the molecule is CCc1ccc(/C=C/C(=O)Nc2ccc(S(=O)(=O)N3CCCCC3)cc2)cc1. The molecule has 0 saturated carbocycles. The number of nitrogens with zero attached hydrogens (tertiary/aromatic N) is 1. The molecular formula is C22H26N2O3S. The van der Waals surface area contributed by atoms with Crippen LogP contribution in [0.5, 0.6) is 0 Å². The third-order valence-electron chi connectivity index (χ3n) is 4.89. The number of sulfonamides is 1. The molecule has 0 atom stereocenters. The second-order valence-electron chi connectivity index (χ2n) is 6.91. The lowest BCUT2D eigenvalue weighted by atomic mass is 10.1. The van der Waals surface area contributed by atoms with E-state index in [0.717, 1.165) is 31.2 Å². The first-order valence-corrected chi connectivity index (χ1v) is 11.1. The molecule has 1 amide bonds. The number of hydrogen-bond acceptors (Lipinski definition) is 3. The number of nitrogens with one attached hydrogen (secondary N) is 1. The van der Waals surface area contributed by atoms with E-state index in [4.69, 9.17) is 0 Å². The van der Waals surface area contributed by atoms with Crippen molar-refractivity contribution in [1.29, 1.82) is 0 Å². The molecule has 6 heteroatoms. The number of rotatable bonds is 6. The Bertz CT molecular complexity index is 927. The van der Waals surface area contributed by atoms with Crippen molar-refractivity contribution in [3.8, 4) is 0 Å². The number of carbonyl (C=O) groups excluding carboxylic acids is 1. The van der Waals surface area contributed by atoms with E-state index < -0.39 is 10.0 Å². The third kappa shape index (κ3) is 5.09. The zero-order chi connectivity index (χ0) is 20.0.